The summed E-state index contributed by atoms with van der Waals surface area (Å²) in [5, 5.41) is 1.07. The molecule has 3 aromatic rings. The van der Waals surface area contributed by atoms with Crippen LogP contribution in [0.5, 0.6) is 0 Å². The molecule has 0 saturated carbocycles. The lowest BCUT2D eigenvalue weighted by molar-refractivity contribution is 0.707. The van der Waals surface area contributed by atoms with Gasteiger partial charge in [0.15, 0.2) is 0 Å². The molecule has 2 aromatic heterocycles. The van der Waals surface area contributed by atoms with Gasteiger partial charge >= 0.3 is 0 Å². The molecule has 0 aliphatic carbocycles. The van der Waals surface area contributed by atoms with Gasteiger partial charge in [-0.1, -0.05) is 23.2 Å². The Kier molecular flexibility index (Phi) is 2.76. The number of hydrogen-bond donors (Lipinski definition) is 0. The second kappa shape index (κ2) is 4.30. The largest absolute Gasteiger partial charge is 0.330 e. The van der Waals surface area contributed by atoms with Gasteiger partial charge in [0.05, 0.1) is 34.0 Å². The topological polar surface area (TPSA) is 35.6 Å². The zero-order valence-electron chi connectivity index (χ0n) is 9.64. The molecule has 0 radical (unpaired) electrons. The Morgan fingerprint density at radius 3 is 2.72 bits per heavy atom. The highest BCUT2D eigenvalue weighted by atomic mass is 35.5. The molecular weight excluding hydrogens is 271 g/mol. The summed E-state index contributed by atoms with van der Waals surface area (Å²) in [6.07, 6.45) is 5.41. The molecule has 4 nitrogen and oxygen atoms in total. The van der Waals surface area contributed by atoms with Crippen LogP contribution in [0.4, 0.5) is 0 Å². The van der Waals surface area contributed by atoms with Crippen LogP contribution in [0, 0.1) is 0 Å². The van der Waals surface area contributed by atoms with Gasteiger partial charge in [-0.25, -0.2) is 9.97 Å². The highest BCUT2D eigenvalue weighted by molar-refractivity contribution is 6.42. The van der Waals surface area contributed by atoms with Crippen molar-refractivity contribution < 1.29 is 0 Å². The second-order valence-corrected chi connectivity index (χ2v) is 4.89. The van der Waals surface area contributed by atoms with Gasteiger partial charge < -0.3 is 9.13 Å². The first-order valence-corrected chi connectivity index (χ1v) is 6.17. The van der Waals surface area contributed by atoms with Crippen molar-refractivity contribution in [2.45, 2.75) is 6.54 Å². The molecule has 0 amide bonds. The summed E-state index contributed by atoms with van der Waals surface area (Å²) in [5.41, 5.74) is 1.82. The third kappa shape index (κ3) is 1.87. The van der Waals surface area contributed by atoms with Crippen molar-refractivity contribution in [2.24, 2.45) is 7.05 Å². The van der Waals surface area contributed by atoms with Crippen LogP contribution in [0.3, 0.4) is 0 Å². The number of rotatable bonds is 2. The van der Waals surface area contributed by atoms with Gasteiger partial charge in [-0.2, -0.15) is 0 Å². The van der Waals surface area contributed by atoms with E-state index in [4.69, 9.17) is 23.2 Å². The second-order valence-electron chi connectivity index (χ2n) is 4.08. The van der Waals surface area contributed by atoms with E-state index in [9.17, 15) is 0 Å². The fraction of sp³-hybridized carbons (Fsp3) is 0.167. The number of aryl methyl sites for hydroxylation is 1. The normalized spacial score (nSPS) is 11.3. The molecule has 0 N–H and O–H groups in total. The number of aromatic nitrogens is 4. The lowest BCUT2D eigenvalue weighted by atomic mass is 10.3. The molecule has 0 spiro atoms. The molecule has 6 heteroatoms. The number of hydrogen-bond acceptors (Lipinski definition) is 2. The number of fused-ring (bicyclic) bond motifs is 1. The van der Waals surface area contributed by atoms with E-state index in [1.807, 2.05) is 28.4 Å². The molecule has 0 saturated heterocycles. The van der Waals surface area contributed by atoms with Crippen LogP contribution in [0.25, 0.3) is 11.0 Å². The first-order valence-electron chi connectivity index (χ1n) is 5.41. The first kappa shape index (κ1) is 11.6. The molecular formula is C12H10Cl2N4. The lowest BCUT2D eigenvalue weighted by Crippen LogP contribution is -2.03. The van der Waals surface area contributed by atoms with Crippen molar-refractivity contribution >= 4 is 34.2 Å². The van der Waals surface area contributed by atoms with Gasteiger partial charge in [0.2, 0.25) is 0 Å². The zero-order valence-corrected chi connectivity index (χ0v) is 11.2. The van der Waals surface area contributed by atoms with E-state index in [0.29, 0.717) is 16.6 Å². The van der Waals surface area contributed by atoms with Crippen molar-refractivity contribution in [1.29, 1.82) is 0 Å². The molecule has 92 valence electrons. The van der Waals surface area contributed by atoms with Crippen molar-refractivity contribution in [3.8, 4) is 0 Å². The van der Waals surface area contributed by atoms with Crippen LogP contribution >= 0.6 is 23.2 Å². The molecule has 0 atom stereocenters. The van der Waals surface area contributed by atoms with E-state index in [1.54, 1.807) is 18.6 Å². The molecule has 2 heterocycles. The number of halogens is 2. The van der Waals surface area contributed by atoms with E-state index >= 15 is 0 Å². The Balaban J connectivity index is 2.11. The lowest BCUT2D eigenvalue weighted by Gasteiger charge is -2.03. The van der Waals surface area contributed by atoms with Crippen LogP contribution in [0.2, 0.25) is 10.0 Å². The number of imidazole rings is 2. The highest BCUT2D eigenvalue weighted by Crippen LogP contribution is 2.27. The average molecular weight is 281 g/mol. The smallest absolute Gasteiger partial charge is 0.129 e. The summed E-state index contributed by atoms with van der Waals surface area (Å²) in [6.45, 7) is 0.667. The van der Waals surface area contributed by atoms with Gasteiger partial charge in [0.1, 0.15) is 5.82 Å². The molecule has 0 aliphatic rings. The van der Waals surface area contributed by atoms with Crippen molar-refractivity contribution in [2.75, 3.05) is 0 Å². The molecule has 0 unspecified atom stereocenters. The first-order chi connectivity index (χ1) is 8.65. The maximum absolute atomic E-state index is 6.02. The average Bonchev–Trinajstić information content (AvgIpc) is 2.93. The predicted molar refractivity (Wildman–Crippen MR) is 72.1 cm³/mol. The van der Waals surface area contributed by atoms with Gasteiger partial charge in [0.25, 0.3) is 0 Å². The van der Waals surface area contributed by atoms with Gasteiger partial charge in [0, 0.05) is 19.4 Å². The minimum Gasteiger partial charge on any atom is -0.330 e. The molecule has 0 bridgehead atoms. The van der Waals surface area contributed by atoms with Crippen molar-refractivity contribution in [3.63, 3.8) is 0 Å². The summed E-state index contributed by atoms with van der Waals surface area (Å²) in [6, 6.07) is 3.63. The fourth-order valence-corrected chi connectivity index (χ4v) is 2.24. The quantitative estimate of drug-likeness (QED) is 0.723. The Morgan fingerprint density at radius 2 is 2.00 bits per heavy atom. The summed E-state index contributed by atoms with van der Waals surface area (Å²) >= 11 is 12.0. The van der Waals surface area contributed by atoms with Gasteiger partial charge in [-0.15, -0.1) is 0 Å². The minimum absolute atomic E-state index is 0.524. The molecule has 0 fully saturated rings. The third-order valence-electron chi connectivity index (χ3n) is 2.90. The zero-order chi connectivity index (χ0) is 12.7. The van der Waals surface area contributed by atoms with Crippen molar-refractivity contribution in [1.82, 2.24) is 19.1 Å². The summed E-state index contributed by atoms with van der Waals surface area (Å²) in [4.78, 5) is 8.57. The van der Waals surface area contributed by atoms with E-state index < -0.39 is 0 Å². The molecule has 1 aromatic carbocycles. The standard InChI is InChI=1S/C12H10Cl2N4/c1-17-11-5-9(14)8(13)4-10(11)16-12(17)6-18-3-2-15-7-18/h2-5,7H,6H2,1H3. The Labute approximate surface area is 114 Å². The van der Waals surface area contributed by atoms with E-state index in [2.05, 4.69) is 9.97 Å². The van der Waals surface area contributed by atoms with E-state index in [-0.39, 0.29) is 0 Å². The monoisotopic (exact) mass is 280 g/mol. The summed E-state index contributed by atoms with van der Waals surface area (Å²) in [5.74, 6) is 0.932. The highest BCUT2D eigenvalue weighted by Gasteiger charge is 2.10. The maximum Gasteiger partial charge on any atom is 0.129 e. The SMILES string of the molecule is Cn1c(Cn2ccnc2)nc2cc(Cl)c(Cl)cc21. The Bertz CT molecular complexity index is 701. The maximum atomic E-state index is 6.02. The Hall–Kier alpha value is -1.52. The predicted octanol–water partition coefficient (Wildman–Crippen LogP) is 3.12. The van der Waals surface area contributed by atoms with Crippen LogP contribution in [0.15, 0.2) is 30.9 Å². The summed E-state index contributed by atoms with van der Waals surface area (Å²) < 4.78 is 3.97. The summed E-state index contributed by atoms with van der Waals surface area (Å²) in [7, 11) is 1.96. The van der Waals surface area contributed by atoms with E-state index in [0.717, 1.165) is 16.9 Å². The molecule has 18 heavy (non-hydrogen) atoms. The van der Waals surface area contributed by atoms with Gasteiger partial charge in [-0.05, 0) is 12.1 Å². The fourth-order valence-electron chi connectivity index (χ4n) is 1.92. The van der Waals surface area contributed by atoms with Crippen LogP contribution in [0.1, 0.15) is 5.82 Å². The van der Waals surface area contributed by atoms with Crippen LogP contribution in [-0.2, 0) is 13.6 Å². The number of nitrogens with zero attached hydrogens (tertiary/aromatic N) is 4. The molecule has 0 aliphatic heterocycles. The molecule has 3 rings (SSSR count). The minimum atomic E-state index is 0.524. The van der Waals surface area contributed by atoms with Crippen LogP contribution < -0.4 is 0 Å². The van der Waals surface area contributed by atoms with Crippen molar-refractivity contribution in [3.05, 3.63) is 46.7 Å². The van der Waals surface area contributed by atoms with Gasteiger partial charge in [-0.3, -0.25) is 0 Å². The third-order valence-corrected chi connectivity index (χ3v) is 3.62. The van der Waals surface area contributed by atoms with E-state index in [1.165, 1.54) is 0 Å². The number of benzene rings is 1. The van der Waals surface area contributed by atoms with Crippen LogP contribution in [-0.4, -0.2) is 19.1 Å². The Morgan fingerprint density at radius 1 is 1.22 bits per heavy atom.